The lowest BCUT2D eigenvalue weighted by Gasteiger charge is -2.26. The summed E-state index contributed by atoms with van der Waals surface area (Å²) in [5, 5.41) is 4.55. The molecule has 1 fully saturated rings. The van der Waals surface area contributed by atoms with Crippen LogP contribution in [0.2, 0.25) is 0 Å². The summed E-state index contributed by atoms with van der Waals surface area (Å²) in [4.78, 5) is 4.83. The Morgan fingerprint density at radius 3 is 2.60 bits per heavy atom. The van der Waals surface area contributed by atoms with Crippen LogP contribution >= 0.6 is 11.6 Å². The molecule has 2 heterocycles. The third-order valence-corrected chi connectivity index (χ3v) is 4.59. The van der Waals surface area contributed by atoms with Crippen LogP contribution in [0.1, 0.15) is 68.9 Å². The van der Waals surface area contributed by atoms with Crippen molar-refractivity contribution in [3.63, 3.8) is 0 Å². The molecular formula is C15H23ClN4. The average Bonchev–Trinajstić information content (AvgIpc) is 2.98. The van der Waals surface area contributed by atoms with Crippen molar-refractivity contribution in [2.45, 2.75) is 63.8 Å². The standard InChI is InChI=1S/C15H23ClN4/c1-4-12-13-15(19(3)18-12)20(14(17-13)10(2)16)11-8-6-5-7-9-11/h10-11H,4-9H2,1-3H3. The summed E-state index contributed by atoms with van der Waals surface area (Å²) in [6.07, 6.45) is 7.34. The van der Waals surface area contributed by atoms with E-state index in [0.717, 1.165) is 29.1 Å². The Morgan fingerprint density at radius 2 is 2.00 bits per heavy atom. The van der Waals surface area contributed by atoms with Crippen LogP contribution in [-0.2, 0) is 13.5 Å². The zero-order chi connectivity index (χ0) is 14.3. The molecule has 3 rings (SSSR count). The number of aromatic nitrogens is 4. The van der Waals surface area contributed by atoms with Crippen LogP contribution in [0.3, 0.4) is 0 Å². The zero-order valence-corrected chi connectivity index (χ0v) is 13.3. The maximum atomic E-state index is 6.39. The van der Waals surface area contributed by atoms with E-state index in [-0.39, 0.29) is 5.38 Å². The minimum atomic E-state index is -0.0611. The highest BCUT2D eigenvalue weighted by Crippen LogP contribution is 2.36. The molecule has 0 aliphatic heterocycles. The quantitative estimate of drug-likeness (QED) is 0.798. The van der Waals surface area contributed by atoms with Crippen LogP contribution in [0.25, 0.3) is 11.2 Å². The summed E-state index contributed by atoms with van der Waals surface area (Å²) in [5.74, 6) is 1.01. The molecule has 110 valence electrons. The van der Waals surface area contributed by atoms with Crippen LogP contribution < -0.4 is 0 Å². The number of aryl methyl sites for hydroxylation is 2. The smallest absolute Gasteiger partial charge is 0.158 e. The first-order valence-electron chi connectivity index (χ1n) is 7.71. The number of hydrogen-bond donors (Lipinski definition) is 0. The molecule has 0 aromatic carbocycles. The van der Waals surface area contributed by atoms with Crippen molar-refractivity contribution in [1.29, 1.82) is 0 Å². The molecule has 2 aromatic heterocycles. The largest absolute Gasteiger partial charge is 0.309 e. The van der Waals surface area contributed by atoms with E-state index in [0.29, 0.717) is 6.04 Å². The Labute approximate surface area is 125 Å². The van der Waals surface area contributed by atoms with E-state index < -0.39 is 0 Å². The van der Waals surface area contributed by atoms with Crippen molar-refractivity contribution in [3.05, 3.63) is 11.5 Å². The van der Waals surface area contributed by atoms with E-state index in [1.807, 2.05) is 18.7 Å². The van der Waals surface area contributed by atoms with Gasteiger partial charge >= 0.3 is 0 Å². The fourth-order valence-electron chi connectivity index (χ4n) is 3.44. The van der Waals surface area contributed by atoms with Gasteiger partial charge in [0.05, 0.1) is 11.1 Å². The van der Waals surface area contributed by atoms with Gasteiger partial charge in [-0.3, -0.25) is 4.68 Å². The van der Waals surface area contributed by atoms with Gasteiger partial charge in [0.25, 0.3) is 0 Å². The van der Waals surface area contributed by atoms with Crippen LogP contribution in [0, 0.1) is 0 Å². The Bertz CT molecular complexity index is 605. The molecule has 1 unspecified atom stereocenters. The van der Waals surface area contributed by atoms with Gasteiger partial charge in [0.2, 0.25) is 0 Å². The molecule has 0 radical (unpaired) electrons. The molecule has 0 amide bonds. The van der Waals surface area contributed by atoms with E-state index in [4.69, 9.17) is 16.6 Å². The van der Waals surface area contributed by atoms with Crippen molar-refractivity contribution < 1.29 is 0 Å². The van der Waals surface area contributed by atoms with Crippen molar-refractivity contribution in [1.82, 2.24) is 19.3 Å². The lowest BCUT2D eigenvalue weighted by molar-refractivity contribution is 0.349. The minimum Gasteiger partial charge on any atom is -0.309 e. The second-order valence-electron chi connectivity index (χ2n) is 5.84. The predicted octanol–water partition coefficient (Wildman–Crippen LogP) is 4.14. The van der Waals surface area contributed by atoms with Gasteiger partial charge in [0, 0.05) is 13.1 Å². The molecular weight excluding hydrogens is 272 g/mol. The zero-order valence-electron chi connectivity index (χ0n) is 12.6. The van der Waals surface area contributed by atoms with Gasteiger partial charge in [-0.15, -0.1) is 11.6 Å². The van der Waals surface area contributed by atoms with Crippen molar-refractivity contribution in [3.8, 4) is 0 Å². The third kappa shape index (κ3) is 2.14. The molecule has 0 N–H and O–H groups in total. The van der Waals surface area contributed by atoms with E-state index in [9.17, 15) is 0 Å². The molecule has 1 saturated carbocycles. The summed E-state index contributed by atoms with van der Waals surface area (Å²) < 4.78 is 4.36. The molecule has 1 aliphatic rings. The van der Waals surface area contributed by atoms with Crippen LogP contribution in [-0.4, -0.2) is 19.3 Å². The van der Waals surface area contributed by atoms with Gasteiger partial charge in [-0.05, 0) is 26.2 Å². The topological polar surface area (TPSA) is 35.6 Å². The average molecular weight is 295 g/mol. The first kappa shape index (κ1) is 13.9. The van der Waals surface area contributed by atoms with Gasteiger partial charge < -0.3 is 4.57 Å². The molecule has 1 aliphatic carbocycles. The van der Waals surface area contributed by atoms with Crippen LogP contribution in [0.4, 0.5) is 0 Å². The Morgan fingerprint density at radius 1 is 1.30 bits per heavy atom. The highest BCUT2D eigenvalue weighted by atomic mass is 35.5. The fraction of sp³-hybridized carbons (Fsp3) is 0.733. The molecule has 0 saturated heterocycles. The number of halogens is 1. The van der Waals surface area contributed by atoms with Gasteiger partial charge in [-0.25, -0.2) is 4.98 Å². The third-order valence-electron chi connectivity index (χ3n) is 4.39. The summed E-state index contributed by atoms with van der Waals surface area (Å²) in [6.45, 7) is 4.15. The van der Waals surface area contributed by atoms with E-state index in [1.165, 1.54) is 32.1 Å². The van der Waals surface area contributed by atoms with Gasteiger partial charge in [0.15, 0.2) is 5.65 Å². The maximum Gasteiger partial charge on any atom is 0.158 e. The minimum absolute atomic E-state index is 0.0611. The second kappa shape index (κ2) is 5.40. The molecule has 5 heteroatoms. The molecule has 1 atom stereocenters. The molecule has 2 aromatic rings. The molecule has 0 bridgehead atoms. The van der Waals surface area contributed by atoms with Crippen molar-refractivity contribution in [2.24, 2.45) is 7.05 Å². The molecule has 4 nitrogen and oxygen atoms in total. The fourth-order valence-corrected chi connectivity index (χ4v) is 3.59. The predicted molar refractivity (Wildman–Crippen MR) is 82.3 cm³/mol. The molecule has 20 heavy (non-hydrogen) atoms. The van der Waals surface area contributed by atoms with Gasteiger partial charge in [-0.2, -0.15) is 5.10 Å². The Kier molecular flexibility index (Phi) is 3.76. The summed E-state index contributed by atoms with van der Waals surface area (Å²) in [6, 6.07) is 0.532. The normalized spacial score (nSPS) is 18.8. The highest BCUT2D eigenvalue weighted by molar-refractivity contribution is 6.20. The van der Waals surface area contributed by atoms with Crippen molar-refractivity contribution in [2.75, 3.05) is 0 Å². The SMILES string of the molecule is CCc1nn(C)c2c1nc(C(C)Cl)n2C1CCCCC1. The Balaban J connectivity index is 2.20. The van der Waals surface area contributed by atoms with E-state index in [1.54, 1.807) is 0 Å². The second-order valence-corrected chi connectivity index (χ2v) is 6.50. The Hall–Kier alpha value is -1.03. The lowest BCUT2D eigenvalue weighted by atomic mass is 9.95. The van der Waals surface area contributed by atoms with Gasteiger partial charge in [-0.1, -0.05) is 26.2 Å². The van der Waals surface area contributed by atoms with E-state index in [2.05, 4.69) is 16.6 Å². The number of hydrogen-bond acceptors (Lipinski definition) is 2. The summed E-state index contributed by atoms with van der Waals surface area (Å²) in [5.41, 5.74) is 3.27. The lowest BCUT2D eigenvalue weighted by Crippen LogP contribution is -2.17. The first-order chi connectivity index (χ1) is 9.63. The summed E-state index contributed by atoms with van der Waals surface area (Å²) >= 11 is 6.39. The monoisotopic (exact) mass is 294 g/mol. The van der Waals surface area contributed by atoms with Crippen LogP contribution in [0.5, 0.6) is 0 Å². The van der Waals surface area contributed by atoms with E-state index >= 15 is 0 Å². The number of alkyl halides is 1. The number of nitrogens with zero attached hydrogens (tertiary/aromatic N) is 4. The number of imidazole rings is 1. The number of rotatable bonds is 3. The highest BCUT2D eigenvalue weighted by Gasteiger charge is 2.26. The van der Waals surface area contributed by atoms with Crippen LogP contribution in [0.15, 0.2) is 0 Å². The summed E-state index contributed by atoms with van der Waals surface area (Å²) in [7, 11) is 2.02. The number of fused-ring (bicyclic) bond motifs is 1. The molecule has 0 spiro atoms. The maximum absolute atomic E-state index is 6.39. The van der Waals surface area contributed by atoms with Crippen molar-refractivity contribution >= 4 is 22.8 Å². The van der Waals surface area contributed by atoms with Gasteiger partial charge in [0.1, 0.15) is 11.3 Å². The first-order valence-corrected chi connectivity index (χ1v) is 8.14.